The molecule has 0 heterocycles. The molecule has 0 saturated heterocycles. The number of carbonyl (C=O) groups is 1. The second kappa shape index (κ2) is 5.77. The Labute approximate surface area is 116 Å². The molecule has 0 radical (unpaired) electrons. The number of amides is 1. The molecule has 1 aromatic rings. The Bertz CT molecular complexity index is 464. The van der Waals surface area contributed by atoms with E-state index in [1.807, 2.05) is 6.07 Å². The molecule has 1 amide bonds. The number of anilines is 1. The normalized spacial score (nSPS) is 21.5. The highest BCUT2D eigenvalue weighted by Crippen LogP contribution is 2.43. The van der Waals surface area contributed by atoms with Crippen LogP contribution in [0.2, 0.25) is 0 Å². The van der Waals surface area contributed by atoms with Crippen molar-refractivity contribution in [3.8, 4) is 0 Å². The van der Waals surface area contributed by atoms with Gasteiger partial charge in [0.2, 0.25) is 5.91 Å². The van der Waals surface area contributed by atoms with Crippen LogP contribution in [0.25, 0.3) is 0 Å². The summed E-state index contributed by atoms with van der Waals surface area (Å²) in [6, 6.07) is 6.11. The smallest absolute Gasteiger partial charge is 0.227 e. The quantitative estimate of drug-likeness (QED) is 0.838. The minimum absolute atomic E-state index is 0.206. The van der Waals surface area contributed by atoms with Crippen LogP contribution in [0.4, 0.5) is 5.69 Å². The van der Waals surface area contributed by atoms with Gasteiger partial charge in [-0.3, -0.25) is 4.79 Å². The number of rotatable bonds is 5. The molecular weight excluding hydrogens is 234 g/mol. The third-order valence-corrected chi connectivity index (χ3v) is 4.15. The molecule has 1 aliphatic rings. The second-order valence-corrected chi connectivity index (χ2v) is 6.36. The Morgan fingerprint density at radius 1 is 1.32 bits per heavy atom. The number of carbonyl (C=O) groups excluding carboxylic acids is 1. The van der Waals surface area contributed by atoms with Crippen LogP contribution < -0.4 is 5.32 Å². The number of nitrogens with one attached hydrogen (secondary N) is 1. The Kier molecular flexibility index (Phi) is 4.28. The van der Waals surface area contributed by atoms with Gasteiger partial charge in [0.05, 0.1) is 0 Å². The summed E-state index contributed by atoms with van der Waals surface area (Å²) in [5.74, 6) is 1.82. The molecule has 1 fully saturated rings. The number of hydrogen-bond acceptors (Lipinski definition) is 1. The molecule has 19 heavy (non-hydrogen) atoms. The Morgan fingerprint density at radius 3 is 2.68 bits per heavy atom. The third-order valence-electron chi connectivity index (χ3n) is 4.15. The van der Waals surface area contributed by atoms with Crippen molar-refractivity contribution in [2.75, 3.05) is 5.32 Å². The summed E-state index contributed by atoms with van der Waals surface area (Å²) in [6.07, 6.45) is 3.50. The molecule has 0 aromatic heterocycles. The van der Waals surface area contributed by atoms with Gasteiger partial charge < -0.3 is 5.32 Å². The van der Waals surface area contributed by atoms with Gasteiger partial charge in [0.15, 0.2) is 0 Å². The van der Waals surface area contributed by atoms with Crippen molar-refractivity contribution < 1.29 is 4.79 Å². The number of aryl methyl sites for hydroxylation is 2. The molecule has 1 aromatic carbocycles. The number of hydrogen-bond donors (Lipinski definition) is 1. The standard InChI is InChI=1S/C17H25NO/c1-11(2)5-7-14-10-16(14)17(19)18-15-8-6-12(3)13(4)9-15/h6,8-9,11,14,16H,5,7,10H2,1-4H3,(H,18,19)/t14-,16-/m1/s1. The van der Waals surface area contributed by atoms with E-state index in [-0.39, 0.29) is 11.8 Å². The summed E-state index contributed by atoms with van der Waals surface area (Å²) in [6.45, 7) is 8.65. The molecule has 0 unspecified atom stereocenters. The first-order chi connectivity index (χ1) is 8.97. The molecule has 1 saturated carbocycles. The van der Waals surface area contributed by atoms with Crippen LogP contribution >= 0.6 is 0 Å². The first kappa shape index (κ1) is 14.1. The zero-order valence-electron chi connectivity index (χ0n) is 12.5. The minimum Gasteiger partial charge on any atom is -0.326 e. The van der Waals surface area contributed by atoms with E-state index < -0.39 is 0 Å². The van der Waals surface area contributed by atoms with E-state index >= 15 is 0 Å². The van der Waals surface area contributed by atoms with E-state index in [1.54, 1.807) is 0 Å². The van der Waals surface area contributed by atoms with Gasteiger partial charge >= 0.3 is 0 Å². The van der Waals surface area contributed by atoms with Gasteiger partial charge in [-0.1, -0.05) is 26.3 Å². The van der Waals surface area contributed by atoms with Crippen molar-refractivity contribution in [3.05, 3.63) is 29.3 Å². The summed E-state index contributed by atoms with van der Waals surface area (Å²) < 4.78 is 0. The van der Waals surface area contributed by atoms with Gasteiger partial charge in [0.25, 0.3) is 0 Å². The summed E-state index contributed by atoms with van der Waals surface area (Å²) in [5.41, 5.74) is 3.42. The monoisotopic (exact) mass is 259 g/mol. The molecule has 2 rings (SSSR count). The molecule has 1 aliphatic carbocycles. The average Bonchev–Trinajstić information content (AvgIpc) is 3.11. The van der Waals surface area contributed by atoms with Crippen molar-refractivity contribution in [2.45, 2.75) is 47.0 Å². The van der Waals surface area contributed by atoms with E-state index in [0.29, 0.717) is 5.92 Å². The van der Waals surface area contributed by atoms with E-state index in [0.717, 1.165) is 18.0 Å². The van der Waals surface area contributed by atoms with Crippen molar-refractivity contribution in [2.24, 2.45) is 17.8 Å². The first-order valence-electron chi connectivity index (χ1n) is 7.35. The van der Waals surface area contributed by atoms with E-state index in [1.165, 1.54) is 24.0 Å². The third kappa shape index (κ3) is 3.82. The summed E-state index contributed by atoms with van der Waals surface area (Å²) in [5, 5.41) is 3.05. The zero-order chi connectivity index (χ0) is 14.0. The largest absolute Gasteiger partial charge is 0.326 e. The fraction of sp³-hybridized carbons (Fsp3) is 0.588. The Balaban J connectivity index is 1.84. The lowest BCUT2D eigenvalue weighted by Gasteiger charge is -2.08. The van der Waals surface area contributed by atoms with Crippen molar-refractivity contribution >= 4 is 11.6 Å². The van der Waals surface area contributed by atoms with Crippen LogP contribution in [0.1, 0.15) is 44.2 Å². The van der Waals surface area contributed by atoms with Crippen LogP contribution in [0.3, 0.4) is 0 Å². The molecule has 1 N–H and O–H groups in total. The minimum atomic E-state index is 0.206. The summed E-state index contributed by atoms with van der Waals surface area (Å²) in [4.78, 5) is 12.1. The average molecular weight is 259 g/mol. The van der Waals surface area contributed by atoms with Gasteiger partial charge in [-0.25, -0.2) is 0 Å². The predicted octanol–water partition coefficient (Wildman–Crippen LogP) is 4.31. The predicted molar refractivity (Wildman–Crippen MR) is 80.2 cm³/mol. The Morgan fingerprint density at radius 2 is 2.05 bits per heavy atom. The first-order valence-corrected chi connectivity index (χ1v) is 7.35. The summed E-state index contributed by atoms with van der Waals surface area (Å²) >= 11 is 0. The summed E-state index contributed by atoms with van der Waals surface area (Å²) in [7, 11) is 0. The van der Waals surface area contributed by atoms with Gasteiger partial charge in [-0.15, -0.1) is 0 Å². The molecule has 2 heteroatoms. The molecule has 0 spiro atoms. The van der Waals surface area contributed by atoms with Crippen LogP contribution in [-0.4, -0.2) is 5.91 Å². The highest BCUT2D eigenvalue weighted by Gasteiger charge is 2.42. The van der Waals surface area contributed by atoms with Gasteiger partial charge in [-0.2, -0.15) is 0 Å². The van der Waals surface area contributed by atoms with Crippen LogP contribution in [0, 0.1) is 31.6 Å². The maximum atomic E-state index is 12.1. The van der Waals surface area contributed by atoms with Gasteiger partial charge in [-0.05, 0) is 61.8 Å². The van der Waals surface area contributed by atoms with E-state index in [4.69, 9.17) is 0 Å². The number of benzene rings is 1. The van der Waals surface area contributed by atoms with Crippen molar-refractivity contribution in [1.82, 2.24) is 0 Å². The zero-order valence-corrected chi connectivity index (χ0v) is 12.5. The molecule has 0 aliphatic heterocycles. The maximum absolute atomic E-state index is 12.1. The van der Waals surface area contributed by atoms with Gasteiger partial charge in [0.1, 0.15) is 0 Å². The molecule has 0 bridgehead atoms. The molecule has 104 valence electrons. The van der Waals surface area contributed by atoms with E-state index in [2.05, 4.69) is 45.1 Å². The van der Waals surface area contributed by atoms with Crippen LogP contribution in [0.5, 0.6) is 0 Å². The molecular formula is C17H25NO. The topological polar surface area (TPSA) is 29.1 Å². The fourth-order valence-corrected chi connectivity index (χ4v) is 2.49. The lowest BCUT2D eigenvalue weighted by Crippen LogP contribution is -2.15. The molecule has 2 nitrogen and oxygen atoms in total. The second-order valence-electron chi connectivity index (χ2n) is 6.36. The Hall–Kier alpha value is -1.31. The molecule has 2 atom stereocenters. The van der Waals surface area contributed by atoms with Gasteiger partial charge in [0, 0.05) is 11.6 Å². The lowest BCUT2D eigenvalue weighted by atomic mass is 10.0. The van der Waals surface area contributed by atoms with Crippen LogP contribution in [-0.2, 0) is 4.79 Å². The lowest BCUT2D eigenvalue weighted by molar-refractivity contribution is -0.117. The van der Waals surface area contributed by atoms with Crippen molar-refractivity contribution in [1.29, 1.82) is 0 Å². The highest BCUT2D eigenvalue weighted by atomic mass is 16.2. The fourth-order valence-electron chi connectivity index (χ4n) is 2.49. The highest BCUT2D eigenvalue weighted by molar-refractivity contribution is 5.94. The van der Waals surface area contributed by atoms with Crippen molar-refractivity contribution in [3.63, 3.8) is 0 Å². The SMILES string of the molecule is Cc1ccc(NC(=O)[C@@H]2C[C@H]2CCC(C)C)cc1C. The van der Waals surface area contributed by atoms with Crippen LogP contribution in [0.15, 0.2) is 18.2 Å². The maximum Gasteiger partial charge on any atom is 0.227 e. The van der Waals surface area contributed by atoms with E-state index in [9.17, 15) is 4.79 Å².